The second-order valence-corrected chi connectivity index (χ2v) is 9.98. The van der Waals surface area contributed by atoms with Crippen molar-refractivity contribution in [2.45, 2.75) is 44.6 Å². The van der Waals surface area contributed by atoms with Crippen LogP contribution < -0.4 is 0 Å². The van der Waals surface area contributed by atoms with Gasteiger partial charge in [0.1, 0.15) is 11.7 Å². The number of aliphatic hydroxyl groups is 1. The molecule has 0 aliphatic carbocycles. The number of hydrogen-bond acceptors (Lipinski definition) is 4. The van der Waals surface area contributed by atoms with E-state index >= 15 is 0 Å². The second kappa shape index (κ2) is 6.77. The lowest BCUT2D eigenvalue weighted by Gasteiger charge is -2.44. The van der Waals surface area contributed by atoms with Crippen LogP contribution in [0.25, 0.3) is 0 Å². The van der Waals surface area contributed by atoms with E-state index in [0.717, 1.165) is 12.1 Å². The molecule has 2 rings (SSSR count). The van der Waals surface area contributed by atoms with Gasteiger partial charge in [-0.25, -0.2) is 4.79 Å². The van der Waals surface area contributed by atoms with Crippen molar-refractivity contribution in [1.29, 1.82) is 0 Å². The molecule has 2 atom stereocenters. The summed E-state index contributed by atoms with van der Waals surface area (Å²) in [5.41, 5.74) is 1.71. The van der Waals surface area contributed by atoms with Crippen LogP contribution in [0.4, 0.5) is 0 Å². The third-order valence-corrected chi connectivity index (χ3v) is 8.43. The van der Waals surface area contributed by atoms with Gasteiger partial charge < -0.3 is 14.3 Å². The maximum Gasteiger partial charge on any atom is 0.338 e. The van der Waals surface area contributed by atoms with Crippen LogP contribution in [-0.2, 0) is 9.16 Å². The molecule has 0 amide bonds. The zero-order chi connectivity index (χ0) is 16.2. The van der Waals surface area contributed by atoms with E-state index < -0.39 is 26.0 Å². The molecule has 1 aromatic rings. The number of ether oxygens (including phenoxy) is 1. The summed E-state index contributed by atoms with van der Waals surface area (Å²) in [6, 6.07) is 10.7. The third kappa shape index (κ3) is 3.32. The highest BCUT2D eigenvalue weighted by Gasteiger charge is 2.47. The first-order valence-electron chi connectivity index (χ1n) is 7.75. The van der Waals surface area contributed by atoms with E-state index in [1.165, 1.54) is 0 Å². The Bertz CT molecular complexity index is 539. The maximum atomic E-state index is 12.2. The second-order valence-electron chi connectivity index (χ2n) is 5.90. The van der Waals surface area contributed by atoms with Crippen LogP contribution in [0.5, 0.6) is 0 Å². The molecular formula is C17H24O4Si. The molecule has 1 aliphatic heterocycles. The Labute approximate surface area is 132 Å². The average Bonchev–Trinajstić information content (AvgIpc) is 2.57. The molecule has 0 radical (unpaired) electrons. The van der Waals surface area contributed by atoms with Crippen LogP contribution in [0, 0.1) is 0 Å². The topological polar surface area (TPSA) is 55.8 Å². The number of rotatable bonds is 5. The van der Waals surface area contributed by atoms with Gasteiger partial charge in [0.25, 0.3) is 0 Å². The molecule has 0 unspecified atom stereocenters. The molecule has 120 valence electrons. The van der Waals surface area contributed by atoms with Gasteiger partial charge in [-0.1, -0.05) is 37.7 Å². The lowest BCUT2D eigenvalue weighted by Crippen LogP contribution is -2.57. The normalized spacial score (nSPS) is 26.6. The lowest BCUT2D eigenvalue weighted by molar-refractivity contribution is -0.0739. The van der Waals surface area contributed by atoms with Crippen molar-refractivity contribution in [2.75, 3.05) is 6.61 Å². The summed E-state index contributed by atoms with van der Waals surface area (Å²) in [4.78, 5) is 12.2. The Morgan fingerprint density at radius 1 is 1.32 bits per heavy atom. The smallest absolute Gasteiger partial charge is 0.338 e. The number of aliphatic hydroxyl groups excluding tert-OH is 1. The predicted octanol–water partition coefficient (Wildman–Crippen LogP) is 3.07. The lowest BCUT2D eigenvalue weighted by atomic mass is 10.00. The highest BCUT2D eigenvalue weighted by Crippen LogP contribution is 2.34. The summed E-state index contributed by atoms with van der Waals surface area (Å²) in [6.07, 6.45) is 1.32. The molecule has 0 saturated carbocycles. The van der Waals surface area contributed by atoms with Gasteiger partial charge in [0.2, 0.25) is 8.32 Å². The summed E-state index contributed by atoms with van der Waals surface area (Å²) in [6.45, 7) is 5.84. The van der Waals surface area contributed by atoms with E-state index in [9.17, 15) is 9.90 Å². The minimum absolute atomic E-state index is 0.182. The summed E-state index contributed by atoms with van der Waals surface area (Å²) in [7, 11) is -1.99. The van der Waals surface area contributed by atoms with Gasteiger partial charge >= 0.3 is 5.97 Å². The quantitative estimate of drug-likeness (QED) is 0.669. The molecule has 0 saturated heterocycles. The molecule has 0 fully saturated rings. The molecule has 1 aliphatic rings. The van der Waals surface area contributed by atoms with E-state index in [4.69, 9.17) is 9.16 Å². The van der Waals surface area contributed by atoms with E-state index in [2.05, 4.69) is 19.5 Å². The largest absolute Gasteiger partial charge is 0.451 e. The van der Waals surface area contributed by atoms with Gasteiger partial charge in [-0.3, -0.25) is 0 Å². The summed E-state index contributed by atoms with van der Waals surface area (Å²) in [5.74, 6) is -0.402. The SMILES string of the molecule is CC[Si]1(CC)C=C[C@H](OC(=O)c2ccccc2)[C@@](C)(CO)O1. The van der Waals surface area contributed by atoms with Crippen molar-refractivity contribution in [3.05, 3.63) is 47.7 Å². The predicted molar refractivity (Wildman–Crippen MR) is 88.1 cm³/mol. The number of carbonyl (C=O) groups is 1. The van der Waals surface area contributed by atoms with Crippen LogP contribution in [0.2, 0.25) is 12.1 Å². The molecule has 5 heteroatoms. The minimum atomic E-state index is -1.99. The molecule has 1 N–H and O–H groups in total. The molecule has 4 nitrogen and oxygen atoms in total. The van der Waals surface area contributed by atoms with Crippen molar-refractivity contribution in [3.8, 4) is 0 Å². The highest BCUT2D eigenvalue weighted by atomic mass is 28.4. The fourth-order valence-electron chi connectivity index (χ4n) is 2.70. The Morgan fingerprint density at radius 3 is 2.50 bits per heavy atom. The standard InChI is InChI=1S/C17H24O4Si/c1-4-22(5-2)12-11-15(17(3,13-18)21-22)20-16(19)14-9-7-6-8-10-14/h6-12,15,18H,4-5,13H2,1-3H3/t15-,17+/m0/s1. The van der Waals surface area contributed by atoms with E-state index in [1.807, 2.05) is 19.1 Å². The van der Waals surface area contributed by atoms with Gasteiger partial charge in [-0.15, -0.1) is 0 Å². The molecule has 0 bridgehead atoms. The third-order valence-electron chi connectivity index (χ3n) is 4.37. The summed E-state index contributed by atoms with van der Waals surface area (Å²) < 4.78 is 11.9. The first-order valence-corrected chi connectivity index (χ1v) is 10.1. The highest BCUT2D eigenvalue weighted by molar-refractivity contribution is 6.78. The molecular weight excluding hydrogens is 296 g/mol. The van der Waals surface area contributed by atoms with Crippen LogP contribution in [0.1, 0.15) is 31.1 Å². The minimum Gasteiger partial charge on any atom is -0.451 e. The Hall–Kier alpha value is -1.43. The maximum absolute atomic E-state index is 12.2. The van der Waals surface area contributed by atoms with Crippen LogP contribution in [0.3, 0.4) is 0 Å². The van der Waals surface area contributed by atoms with Gasteiger partial charge in [-0.2, -0.15) is 0 Å². The molecule has 22 heavy (non-hydrogen) atoms. The molecule has 0 aromatic heterocycles. The Kier molecular flexibility index (Phi) is 5.21. The molecule has 0 spiro atoms. The fraction of sp³-hybridized carbons (Fsp3) is 0.471. The van der Waals surface area contributed by atoms with Crippen molar-refractivity contribution in [3.63, 3.8) is 0 Å². The van der Waals surface area contributed by atoms with E-state index in [0.29, 0.717) is 5.56 Å². The van der Waals surface area contributed by atoms with Gasteiger partial charge in [0.05, 0.1) is 12.2 Å². The van der Waals surface area contributed by atoms with Gasteiger partial charge in [0.15, 0.2) is 0 Å². The first kappa shape index (κ1) is 16.9. The fourth-order valence-corrected chi connectivity index (χ4v) is 5.66. The van der Waals surface area contributed by atoms with Crippen LogP contribution >= 0.6 is 0 Å². The molecule has 1 heterocycles. The summed E-state index contributed by atoms with van der Waals surface area (Å²) in [5, 5.41) is 9.80. The van der Waals surface area contributed by atoms with Crippen molar-refractivity contribution >= 4 is 14.3 Å². The zero-order valence-electron chi connectivity index (χ0n) is 13.4. The number of benzene rings is 1. The Morgan fingerprint density at radius 2 is 1.95 bits per heavy atom. The number of esters is 1. The number of hydrogen-bond donors (Lipinski definition) is 1. The zero-order valence-corrected chi connectivity index (χ0v) is 14.4. The monoisotopic (exact) mass is 320 g/mol. The number of carbonyl (C=O) groups excluding carboxylic acids is 1. The van der Waals surface area contributed by atoms with Crippen molar-refractivity contribution < 1.29 is 19.1 Å². The first-order chi connectivity index (χ1) is 10.5. The van der Waals surface area contributed by atoms with Crippen molar-refractivity contribution in [1.82, 2.24) is 0 Å². The van der Waals surface area contributed by atoms with E-state index in [-0.39, 0.29) is 6.61 Å². The van der Waals surface area contributed by atoms with Gasteiger partial charge in [-0.05, 0) is 37.2 Å². The van der Waals surface area contributed by atoms with Crippen LogP contribution in [-0.4, -0.2) is 37.7 Å². The Balaban J connectivity index is 2.21. The van der Waals surface area contributed by atoms with Crippen LogP contribution in [0.15, 0.2) is 42.1 Å². The van der Waals surface area contributed by atoms with Crippen molar-refractivity contribution in [2.24, 2.45) is 0 Å². The summed E-state index contributed by atoms with van der Waals surface area (Å²) >= 11 is 0. The van der Waals surface area contributed by atoms with E-state index in [1.54, 1.807) is 24.3 Å². The van der Waals surface area contributed by atoms with Gasteiger partial charge in [0, 0.05) is 0 Å². The molecule has 1 aromatic carbocycles. The average molecular weight is 320 g/mol.